The summed E-state index contributed by atoms with van der Waals surface area (Å²) in [6, 6.07) is 4.84. The molecule has 0 aliphatic heterocycles. The summed E-state index contributed by atoms with van der Waals surface area (Å²) in [4.78, 5) is 4.32. The van der Waals surface area contributed by atoms with Crippen molar-refractivity contribution in [2.75, 3.05) is 12.8 Å². The Morgan fingerprint density at radius 3 is 2.68 bits per heavy atom. The second kappa shape index (κ2) is 6.45. The molecule has 0 spiro atoms. The molecule has 144 valence electrons. The van der Waals surface area contributed by atoms with Crippen molar-refractivity contribution in [1.29, 1.82) is 0 Å². The number of phenolic OH excluding ortho intramolecular Hbond substituents is 1. The molecular formula is C19H20N6O2S. The maximum atomic E-state index is 9.93. The lowest BCUT2D eigenvalue weighted by molar-refractivity contribution is 0.413. The highest BCUT2D eigenvalue weighted by atomic mass is 32.1. The van der Waals surface area contributed by atoms with Gasteiger partial charge in [-0.2, -0.15) is 9.61 Å². The highest BCUT2D eigenvalue weighted by Crippen LogP contribution is 2.32. The summed E-state index contributed by atoms with van der Waals surface area (Å²) < 4.78 is 7.11. The minimum Gasteiger partial charge on any atom is -0.508 e. The molecule has 3 heterocycles. The van der Waals surface area contributed by atoms with Gasteiger partial charge in [-0.25, -0.2) is 4.98 Å². The van der Waals surface area contributed by atoms with E-state index in [0.29, 0.717) is 27.8 Å². The zero-order valence-electron chi connectivity index (χ0n) is 16.0. The SMILES string of the molecule is COc1ccc(O)cc1-c1nnc2/c(=C\c3ncc(N)s3)c(C(C)(C)C)nn12. The standard InChI is InChI=1S/C19H20N6O2S/c1-19(2,3)16-12(8-15-21-9-14(20)28-15)18-23-22-17(25(18)24-16)11-7-10(26)5-6-13(11)27-4/h5-9,26H,20H2,1-4H3/b12-8-. The molecule has 0 bridgehead atoms. The molecule has 0 aliphatic rings. The minimum atomic E-state index is -0.227. The molecule has 0 saturated heterocycles. The number of benzene rings is 1. The van der Waals surface area contributed by atoms with Crippen LogP contribution in [0.3, 0.4) is 0 Å². The second-order valence-corrected chi connectivity index (χ2v) is 8.49. The Hall–Kier alpha value is -3.20. The van der Waals surface area contributed by atoms with Crippen LogP contribution in [-0.2, 0) is 5.41 Å². The van der Waals surface area contributed by atoms with E-state index in [1.807, 2.05) is 6.08 Å². The van der Waals surface area contributed by atoms with E-state index in [2.05, 4.69) is 36.0 Å². The Morgan fingerprint density at radius 2 is 2.04 bits per heavy atom. The molecule has 1 aromatic carbocycles. The zero-order chi connectivity index (χ0) is 20.1. The maximum Gasteiger partial charge on any atom is 0.189 e. The molecule has 0 aliphatic carbocycles. The minimum absolute atomic E-state index is 0.111. The number of anilines is 1. The van der Waals surface area contributed by atoms with Crippen LogP contribution in [0.4, 0.5) is 5.00 Å². The molecule has 0 amide bonds. The summed E-state index contributed by atoms with van der Waals surface area (Å²) >= 11 is 1.40. The summed E-state index contributed by atoms with van der Waals surface area (Å²) in [7, 11) is 1.57. The van der Waals surface area contributed by atoms with Gasteiger partial charge in [0.2, 0.25) is 0 Å². The smallest absolute Gasteiger partial charge is 0.189 e. The van der Waals surface area contributed by atoms with Crippen LogP contribution in [-0.4, -0.2) is 37.0 Å². The van der Waals surface area contributed by atoms with Crippen LogP contribution in [0.1, 0.15) is 31.5 Å². The number of methoxy groups -OCH3 is 1. The molecular weight excluding hydrogens is 376 g/mol. The predicted molar refractivity (Wildman–Crippen MR) is 108 cm³/mol. The van der Waals surface area contributed by atoms with E-state index in [1.54, 1.807) is 36.0 Å². The molecule has 0 saturated carbocycles. The Bertz CT molecular complexity index is 1220. The van der Waals surface area contributed by atoms with Crippen molar-refractivity contribution in [2.45, 2.75) is 26.2 Å². The third kappa shape index (κ3) is 3.03. The third-order valence-electron chi connectivity index (χ3n) is 4.28. The number of nitrogen functional groups attached to an aromatic ring is 1. The van der Waals surface area contributed by atoms with Crippen molar-refractivity contribution >= 4 is 28.1 Å². The molecule has 8 nitrogen and oxygen atoms in total. The van der Waals surface area contributed by atoms with Crippen LogP contribution >= 0.6 is 11.3 Å². The second-order valence-electron chi connectivity index (χ2n) is 7.40. The molecule has 0 atom stereocenters. The Labute approximate surface area is 165 Å². The molecule has 28 heavy (non-hydrogen) atoms. The van der Waals surface area contributed by atoms with E-state index in [9.17, 15) is 5.11 Å². The van der Waals surface area contributed by atoms with Crippen molar-refractivity contribution in [3.8, 4) is 22.9 Å². The van der Waals surface area contributed by atoms with E-state index in [4.69, 9.17) is 15.6 Å². The van der Waals surface area contributed by atoms with Gasteiger partial charge in [-0.1, -0.05) is 32.1 Å². The number of aromatic nitrogens is 5. The van der Waals surface area contributed by atoms with Gasteiger partial charge in [-0.15, -0.1) is 10.2 Å². The van der Waals surface area contributed by atoms with Gasteiger partial charge in [-0.3, -0.25) is 0 Å². The van der Waals surface area contributed by atoms with Crippen LogP contribution in [0.5, 0.6) is 11.5 Å². The Morgan fingerprint density at radius 1 is 1.25 bits per heavy atom. The van der Waals surface area contributed by atoms with Crippen LogP contribution in [0.15, 0.2) is 24.4 Å². The third-order valence-corrected chi connectivity index (χ3v) is 5.05. The summed E-state index contributed by atoms with van der Waals surface area (Å²) in [5.74, 6) is 1.18. The average molecular weight is 396 g/mol. The van der Waals surface area contributed by atoms with Gasteiger partial charge in [-0.05, 0) is 24.3 Å². The monoisotopic (exact) mass is 396 g/mol. The number of hydrogen-bond donors (Lipinski definition) is 2. The number of thiazole rings is 1. The van der Waals surface area contributed by atoms with E-state index in [0.717, 1.165) is 15.9 Å². The van der Waals surface area contributed by atoms with Crippen molar-refractivity contribution in [1.82, 2.24) is 24.8 Å². The lowest BCUT2D eigenvalue weighted by Gasteiger charge is -2.14. The fourth-order valence-electron chi connectivity index (χ4n) is 3.02. The fraction of sp³-hybridized carbons (Fsp3) is 0.263. The van der Waals surface area contributed by atoms with Crippen LogP contribution in [0.25, 0.3) is 23.1 Å². The van der Waals surface area contributed by atoms with Gasteiger partial charge >= 0.3 is 0 Å². The first-order valence-electron chi connectivity index (χ1n) is 8.64. The predicted octanol–water partition coefficient (Wildman–Crippen LogP) is 2.39. The number of fused-ring (bicyclic) bond motifs is 1. The van der Waals surface area contributed by atoms with Gasteiger partial charge in [0.25, 0.3) is 0 Å². The van der Waals surface area contributed by atoms with Crippen molar-refractivity contribution in [3.63, 3.8) is 0 Å². The van der Waals surface area contributed by atoms with Crippen molar-refractivity contribution in [2.24, 2.45) is 0 Å². The average Bonchev–Trinajstić information content (AvgIpc) is 3.31. The molecule has 4 aromatic rings. The molecule has 3 aromatic heterocycles. The number of nitrogens with zero attached hydrogens (tertiary/aromatic N) is 5. The van der Waals surface area contributed by atoms with Gasteiger partial charge < -0.3 is 15.6 Å². The highest BCUT2D eigenvalue weighted by Gasteiger charge is 2.25. The van der Waals surface area contributed by atoms with Crippen molar-refractivity contribution in [3.05, 3.63) is 40.3 Å². The number of hydrogen-bond acceptors (Lipinski definition) is 8. The van der Waals surface area contributed by atoms with Gasteiger partial charge in [0.15, 0.2) is 11.5 Å². The maximum absolute atomic E-state index is 9.93. The number of aromatic hydroxyl groups is 1. The largest absolute Gasteiger partial charge is 0.508 e. The lowest BCUT2D eigenvalue weighted by atomic mass is 9.91. The fourth-order valence-corrected chi connectivity index (χ4v) is 3.65. The summed E-state index contributed by atoms with van der Waals surface area (Å²) in [6.07, 6.45) is 3.57. The van der Waals surface area contributed by atoms with Crippen LogP contribution in [0.2, 0.25) is 0 Å². The molecule has 0 unspecified atom stereocenters. The number of ether oxygens (including phenoxy) is 1. The van der Waals surface area contributed by atoms with Crippen LogP contribution in [0, 0.1) is 0 Å². The first-order valence-corrected chi connectivity index (χ1v) is 9.45. The Kier molecular flexibility index (Phi) is 4.19. The summed E-state index contributed by atoms with van der Waals surface area (Å²) in [5.41, 5.74) is 7.68. The summed E-state index contributed by atoms with van der Waals surface area (Å²) in [5, 5.41) is 25.7. The van der Waals surface area contributed by atoms with Gasteiger partial charge in [0, 0.05) is 10.6 Å². The van der Waals surface area contributed by atoms with Crippen LogP contribution < -0.4 is 15.7 Å². The molecule has 3 N–H and O–H groups in total. The van der Waals surface area contributed by atoms with E-state index >= 15 is 0 Å². The van der Waals surface area contributed by atoms with E-state index in [1.165, 1.54) is 11.3 Å². The topological polar surface area (TPSA) is 111 Å². The Balaban J connectivity index is 2.02. The van der Waals surface area contributed by atoms with Gasteiger partial charge in [0.05, 0.1) is 24.6 Å². The number of rotatable bonds is 3. The highest BCUT2D eigenvalue weighted by molar-refractivity contribution is 7.16. The molecule has 9 heteroatoms. The molecule has 4 rings (SSSR count). The molecule has 0 fully saturated rings. The first kappa shape index (κ1) is 18.2. The quantitative estimate of drug-likeness (QED) is 0.547. The summed E-state index contributed by atoms with van der Waals surface area (Å²) in [6.45, 7) is 6.26. The lowest BCUT2D eigenvalue weighted by Crippen LogP contribution is -2.22. The van der Waals surface area contributed by atoms with Crippen molar-refractivity contribution < 1.29 is 9.84 Å². The normalized spacial score (nSPS) is 12.8. The van der Waals surface area contributed by atoms with Gasteiger partial charge in [0.1, 0.15) is 21.5 Å². The zero-order valence-corrected chi connectivity index (χ0v) is 16.8. The first-order chi connectivity index (χ1) is 13.3. The number of phenols is 1. The molecule has 0 radical (unpaired) electrons. The number of nitrogens with two attached hydrogens (primary N) is 1. The van der Waals surface area contributed by atoms with E-state index < -0.39 is 0 Å². The van der Waals surface area contributed by atoms with E-state index in [-0.39, 0.29) is 11.2 Å².